The van der Waals surface area contributed by atoms with Gasteiger partial charge in [-0.05, 0) is 25.0 Å². The second-order valence-electron chi connectivity index (χ2n) is 7.92. The zero-order valence-corrected chi connectivity index (χ0v) is 17.3. The highest BCUT2D eigenvalue weighted by Gasteiger charge is 2.32. The fourth-order valence-electron chi connectivity index (χ4n) is 2.88. The van der Waals surface area contributed by atoms with Gasteiger partial charge in [0.2, 0.25) is 0 Å². The van der Waals surface area contributed by atoms with Gasteiger partial charge in [0, 0.05) is 17.3 Å². The Bertz CT molecular complexity index is 731. The lowest BCUT2D eigenvalue weighted by Crippen LogP contribution is -2.32. The molecule has 0 heterocycles. The molecule has 3 heteroatoms. The number of carbonyl (C=O) groups is 2. The predicted octanol–water partition coefficient (Wildman–Crippen LogP) is 5.63. The molecule has 0 bridgehead atoms. The van der Waals surface area contributed by atoms with E-state index in [9.17, 15) is 9.59 Å². The molecule has 1 N–H and O–H groups in total. The van der Waals surface area contributed by atoms with Gasteiger partial charge in [0.15, 0.2) is 0 Å². The Labute approximate surface area is 163 Å². The minimum absolute atomic E-state index is 0.290. The molecule has 146 valence electrons. The Balaban J connectivity index is 0.000000271. The van der Waals surface area contributed by atoms with Crippen LogP contribution in [0.5, 0.6) is 0 Å². The summed E-state index contributed by atoms with van der Waals surface area (Å²) < 4.78 is 0. The standard InChI is InChI=1S/C12H16O2.C12H16O/c1-9(11(13)14)12(2,3)10-7-5-4-6-8-10;1-4-11(13)12(2,3)10-8-6-5-7-9-10/h4-9H,1-3H3,(H,13,14);5-9H,4H2,1-3H3. The maximum absolute atomic E-state index is 11.6. The van der Waals surface area contributed by atoms with E-state index in [-0.39, 0.29) is 16.7 Å². The van der Waals surface area contributed by atoms with E-state index in [0.29, 0.717) is 12.2 Å². The summed E-state index contributed by atoms with van der Waals surface area (Å²) in [5.41, 5.74) is 1.50. The van der Waals surface area contributed by atoms with Gasteiger partial charge < -0.3 is 5.11 Å². The molecule has 0 aromatic heterocycles. The van der Waals surface area contributed by atoms with Gasteiger partial charge in [-0.2, -0.15) is 0 Å². The van der Waals surface area contributed by atoms with Crippen molar-refractivity contribution in [3.63, 3.8) is 0 Å². The van der Waals surface area contributed by atoms with Gasteiger partial charge >= 0.3 is 5.97 Å². The van der Waals surface area contributed by atoms with E-state index in [0.717, 1.165) is 11.1 Å². The summed E-state index contributed by atoms with van der Waals surface area (Å²) in [6, 6.07) is 19.7. The molecule has 0 spiro atoms. The molecule has 1 unspecified atom stereocenters. The molecule has 0 aliphatic rings. The molecule has 27 heavy (non-hydrogen) atoms. The van der Waals surface area contributed by atoms with E-state index in [2.05, 4.69) is 0 Å². The molecular formula is C24H32O3. The maximum atomic E-state index is 11.6. The molecule has 0 radical (unpaired) electrons. The number of carboxylic acid groups (broad SMARTS) is 1. The first kappa shape index (κ1) is 22.6. The van der Waals surface area contributed by atoms with Gasteiger partial charge in [-0.15, -0.1) is 0 Å². The number of carbonyl (C=O) groups excluding carboxylic acids is 1. The van der Waals surface area contributed by atoms with Crippen molar-refractivity contribution in [2.24, 2.45) is 5.92 Å². The van der Waals surface area contributed by atoms with Crippen LogP contribution in [-0.4, -0.2) is 16.9 Å². The number of hydrogen-bond donors (Lipinski definition) is 1. The van der Waals surface area contributed by atoms with Crippen molar-refractivity contribution in [1.29, 1.82) is 0 Å². The number of carboxylic acids is 1. The van der Waals surface area contributed by atoms with Crippen LogP contribution in [0.4, 0.5) is 0 Å². The normalized spacial score (nSPS) is 12.5. The Morgan fingerprint density at radius 3 is 1.63 bits per heavy atom. The summed E-state index contributed by atoms with van der Waals surface area (Å²) in [7, 11) is 0. The number of Topliss-reactive ketones (excluding diaryl/α,β-unsaturated/α-hetero) is 1. The summed E-state index contributed by atoms with van der Waals surface area (Å²) in [4.78, 5) is 22.6. The first-order valence-corrected chi connectivity index (χ1v) is 9.42. The first-order chi connectivity index (χ1) is 12.5. The highest BCUT2D eigenvalue weighted by Crippen LogP contribution is 2.31. The maximum Gasteiger partial charge on any atom is 0.307 e. The fraction of sp³-hybridized carbons (Fsp3) is 0.417. The lowest BCUT2D eigenvalue weighted by atomic mass is 9.74. The zero-order chi connectivity index (χ0) is 20.7. The van der Waals surface area contributed by atoms with Crippen LogP contribution >= 0.6 is 0 Å². The smallest absolute Gasteiger partial charge is 0.307 e. The highest BCUT2D eigenvalue weighted by atomic mass is 16.4. The van der Waals surface area contributed by atoms with Crippen molar-refractivity contribution in [1.82, 2.24) is 0 Å². The van der Waals surface area contributed by atoms with Crippen LogP contribution in [0.1, 0.15) is 59.1 Å². The van der Waals surface area contributed by atoms with Crippen LogP contribution in [0.3, 0.4) is 0 Å². The quantitative estimate of drug-likeness (QED) is 0.719. The van der Waals surface area contributed by atoms with E-state index in [1.807, 2.05) is 95.3 Å². The van der Waals surface area contributed by atoms with Gasteiger partial charge in [-0.1, -0.05) is 88.4 Å². The third-order valence-electron chi connectivity index (χ3n) is 5.48. The van der Waals surface area contributed by atoms with E-state index in [4.69, 9.17) is 5.11 Å². The van der Waals surface area contributed by atoms with E-state index < -0.39 is 5.97 Å². The molecule has 0 aliphatic heterocycles. The minimum atomic E-state index is -0.751. The van der Waals surface area contributed by atoms with Crippen LogP contribution in [0, 0.1) is 5.92 Å². The number of ketones is 1. The van der Waals surface area contributed by atoms with Crippen molar-refractivity contribution < 1.29 is 14.7 Å². The molecule has 0 aliphatic carbocycles. The second kappa shape index (κ2) is 9.50. The van der Waals surface area contributed by atoms with Gasteiger partial charge in [-0.3, -0.25) is 9.59 Å². The van der Waals surface area contributed by atoms with Crippen LogP contribution in [-0.2, 0) is 20.4 Å². The average molecular weight is 369 g/mol. The van der Waals surface area contributed by atoms with E-state index >= 15 is 0 Å². The molecule has 2 rings (SSSR count). The van der Waals surface area contributed by atoms with Gasteiger partial charge in [0.05, 0.1) is 5.92 Å². The minimum Gasteiger partial charge on any atom is -0.481 e. The summed E-state index contributed by atoms with van der Waals surface area (Å²) in [6.45, 7) is 11.5. The Hall–Kier alpha value is -2.42. The summed E-state index contributed by atoms with van der Waals surface area (Å²) >= 11 is 0. The number of benzene rings is 2. The molecule has 2 aromatic rings. The van der Waals surface area contributed by atoms with Crippen molar-refractivity contribution in [3.05, 3.63) is 71.8 Å². The zero-order valence-electron chi connectivity index (χ0n) is 17.3. The van der Waals surface area contributed by atoms with Crippen molar-refractivity contribution in [2.75, 3.05) is 0 Å². The van der Waals surface area contributed by atoms with Gasteiger partial charge in [0.25, 0.3) is 0 Å². The van der Waals surface area contributed by atoms with Crippen LogP contribution < -0.4 is 0 Å². The molecule has 0 fully saturated rings. The molecule has 1 atom stereocenters. The second-order valence-corrected chi connectivity index (χ2v) is 7.92. The highest BCUT2D eigenvalue weighted by molar-refractivity contribution is 5.88. The lowest BCUT2D eigenvalue weighted by Gasteiger charge is -2.29. The van der Waals surface area contributed by atoms with E-state index in [1.165, 1.54) is 0 Å². The number of aliphatic carboxylic acids is 1. The summed E-state index contributed by atoms with van der Waals surface area (Å²) in [6.07, 6.45) is 0.599. The Kier molecular flexibility index (Phi) is 7.96. The third-order valence-corrected chi connectivity index (χ3v) is 5.48. The molecule has 2 aromatic carbocycles. The van der Waals surface area contributed by atoms with Crippen LogP contribution in [0.2, 0.25) is 0 Å². The van der Waals surface area contributed by atoms with E-state index in [1.54, 1.807) is 6.92 Å². The number of hydrogen-bond acceptors (Lipinski definition) is 2. The summed E-state index contributed by atoms with van der Waals surface area (Å²) in [5.74, 6) is -0.845. The van der Waals surface area contributed by atoms with Crippen molar-refractivity contribution in [2.45, 2.75) is 58.8 Å². The Morgan fingerprint density at radius 2 is 1.26 bits per heavy atom. The van der Waals surface area contributed by atoms with Crippen molar-refractivity contribution in [3.8, 4) is 0 Å². The molecule has 3 nitrogen and oxygen atoms in total. The lowest BCUT2D eigenvalue weighted by molar-refractivity contribution is -0.143. The monoisotopic (exact) mass is 368 g/mol. The molecule has 0 saturated carbocycles. The van der Waals surface area contributed by atoms with Gasteiger partial charge in [-0.25, -0.2) is 0 Å². The van der Waals surface area contributed by atoms with Crippen LogP contribution in [0.25, 0.3) is 0 Å². The van der Waals surface area contributed by atoms with Crippen LogP contribution in [0.15, 0.2) is 60.7 Å². The van der Waals surface area contributed by atoms with Gasteiger partial charge in [0.1, 0.15) is 5.78 Å². The third kappa shape index (κ3) is 5.78. The first-order valence-electron chi connectivity index (χ1n) is 9.42. The Morgan fingerprint density at radius 1 is 0.852 bits per heavy atom. The predicted molar refractivity (Wildman–Crippen MR) is 111 cm³/mol. The van der Waals surface area contributed by atoms with Crippen molar-refractivity contribution >= 4 is 11.8 Å². The molecule has 0 amide bonds. The number of rotatable bonds is 6. The topological polar surface area (TPSA) is 54.4 Å². The summed E-state index contributed by atoms with van der Waals surface area (Å²) in [5, 5.41) is 8.98. The molecule has 0 saturated heterocycles. The largest absolute Gasteiger partial charge is 0.481 e. The average Bonchev–Trinajstić information content (AvgIpc) is 2.68. The molecular weight excluding hydrogens is 336 g/mol. The fourth-order valence-corrected chi connectivity index (χ4v) is 2.88. The SMILES string of the molecule is CC(C(=O)O)C(C)(C)c1ccccc1.CCC(=O)C(C)(C)c1ccccc1.